The van der Waals surface area contributed by atoms with Gasteiger partial charge in [0.05, 0.1) is 17.9 Å². The number of aromatic nitrogens is 2. The third kappa shape index (κ3) is 3.79. The molecule has 0 aliphatic carbocycles. The summed E-state index contributed by atoms with van der Waals surface area (Å²) in [6.45, 7) is -0.224. The van der Waals surface area contributed by atoms with Crippen molar-refractivity contribution in [3.8, 4) is 0 Å². The smallest absolute Gasteiger partial charge is 0.240 e. The number of hydrogen-bond acceptors (Lipinski definition) is 3. The van der Waals surface area contributed by atoms with Gasteiger partial charge in [0.25, 0.3) is 0 Å². The Morgan fingerprint density at radius 3 is 2.84 bits per heavy atom. The standard InChI is InChI=1S/C17H14F2N4O2/c18-12-4-5-15(14(19)7-12)23(11-24)10-17(25)20-8-13-9-22-6-2-1-3-16(22)21-13/h1-7,9,11H,8,10H2,(H,20,25). The van der Waals surface area contributed by atoms with Gasteiger partial charge in [0.15, 0.2) is 0 Å². The lowest BCUT2D eigenvalue weighted by atomic mass is 10.2. The number of imidazole rings is 1. The molecule has 25 heavy (non-hydrogen) atoms. The lowest BCUT2D eigenvalue weighted by Gasteiger charge is -2.17. The number of anilines is 1. The Labute approximate surface area is 141 Å². The highest BCUT2D eigenvalue weighted by molar-refractivity contribution is 5.88. The van der Waals surface area contributed by atoms with Crippen molar-refractivity contribution >= 4 is 23.7 Å². The quantitative estimate of drug-likeness (QED) is 0.695. The summed E-state index contributed by atoms with van der Waals surface area (Å²) in [5.41, 5.74) is 1.22. The van der Waals surface area contributed by atoms with Crippen molar-refractivity contribution in [1.82, 2.24) is 14.7 Å². The Kier molecular flexibility index (Phi) is 4.69. The maximum Gasteiger partial charge on any atom is 0.240 e. The van der Waals surface area contributed by atoms with Crippen molar-refractivity contribution in [3.63, 3.8) is 0 Å². The van der Waals surface area contributed by atoms with E-state index in [1.54, 1.807) is 6.20 Å². The van der Waals surface area contributed by atoms with Crippen LogP contribution in [-0.2, 0) is 16.1 Å². The molecule has 0 saturated carbocycles. The lowest BCUT2D eigenvalue weighted by molar-refractivity contribution is -0.121. The maximum absolute atomic E-state index is 13.7. The van der Waals surface area contributed by atoms with E-state index in [0.717, 1.165) is 22.7 Å². The highest BCUT2D eigenvalue weighted by Gasteiger charge is 2.15. The Morgan fingerprint density at radius 2 is 2.12 bits per heavy atom. The van der Waals surface area contributed by atoms with Crippen molar-refractivity contribution in [2.75, 3.05) is 11.4 Å². The van der Waals surface area contributed by atoms with Crippen molar-refractivity contribution in [1.29, 1.82) is 0 Å². The van der Waals surface area contributed by atoms with Gasteiger partial charge in [-0.1, -0.05) is 6.07 Å². The Balaban J connectivity index is 1.63. The molecule has 2 amide bonds. The van der Waals surface area contributed by atoms with Crippen LogP contribution in [0.25, 0.3) is 5.65 Å². The minimum Gasteiger partial charge on any atom is -0.349 e. The topological polar surface area (TPSA) is 66.7 Å². The van der Waals surface area contributed by atoms with Gasteiger partial charge in [-0.2, -0.15) is 0 Å². The number of rotatable bonds is 6. The Bertz CT molecular complexity index is 893. The molecule has 0 aliphatic heterocycles. The number of carbonyl (C=O) groups is 2. The average Bonchev–Trinajstić information content (AvgIpc) is 3.01. The van der Waals surface area contributed by atoms with Gasteiger partial charge in [-0.15, -0.1) is 0 Å². The molecule has 1 aromatic carbocycles. The number of nitrogens with one attached hydrogen (secondary N) is 1. The zero-order valence-electron chi connectivity index (χ0n) is 13.0. The zero-order chi connectivity index (χ0) is 17.8. The Hall–Kier alpha value is -3.29. The first-order valence-corrected chi connectivity index (χ1v) is 7.43. The van der Waals surface area contributed by atoms with Crippen LogP contribution >= 0.6 is 0 Å². The third-order valence-electron chi connectivity index (χ3n) is 3.54. The summed E-state index contributed by atoms with van der Waals surface area (Å²) in [6.07, 6.45) is 3.92. The first-order valence-electron chi connectivity index (χ1n) is 7.43. The first-order chi connectivity index (χ1) is 12.1. The summed E-state index contributed by atoms with van der Waals surface area (Å²) in [5.74, 6) is -2.17. The molecule has 0 spiro atoms. The molecule has 0 fully saturated rings. The molecule has 128 valence electrons. The van der Waals surface area contributed by atoms with Gasteiger partial charge in [-0.3, -0.25) is 9.59 Å². The molecule has 0 unspecified atom stereocenters. The van der Waals surface area contributed by atoms with Crippen LogP contribution in [0.3, 0.4) is 0 Å². The van der Waals surface area contributed by atoms with Gasteiger partial charge >= 0.3 is 0 Å². The summed E-state index contributed by atoms with van der Waals surface area (Å²) < 4.78 is 28.5. The molecule has 0 saturated heterocycles. The van der Waals surface area contributed by atoms with E-state index < -0.39 is 17.5 Å². The molecule has 6 nitrogen and oxygen atoms in total. The molecule has 0 bridgehead atoms. The van der Waals surface area contributed by atoms with E-state index in [2.05, 4.69) is 10.3 Å². The van der Waals surface area contributed by atoms with Crippen LogP contribution in [0.15, 0.2) is 48.8 Å². The Morgan fingerprint density at radius 1 is 1.28 bits per heavy atom. The number of carbonyl (C=O) groups excluding carboxylic acids is 2. The molecular formula is C17H14F2N4O2. The minimum atomic E-state index is -0.916. The number of fused-ring (bicyclic) bond motifs is 1. The van der Waals surface area contributed by atoms with Crippen LogP contribution in [0, 0.1) is 11.6 Å². The van der Waals surface area contributed by atoms with E-state index in [4.69, 9.17) is 0 Å². The van der Waals surface area contributed by atoms with E-state index in [1.165, 1.54) is 0 Å². The second-order valence-corrected chi connectivity index (χ2v) is 5.30. The highest BCUT2D eigenvalue weighted by Crippen LogP contribution is 2.18. The van der Waals surface area contributed by atoms with Crippen LogP contribution in [-0.4, -0.2) is 28.2 Å². The monoisotopic (exact) mass is 344 g/mol. The molecule has 0 aliphatic rings. The van der Waals surface area contributed by atoms with Crippen molar-refractivity contribution in [2.45, 2.75) is 6.54 Å². The molecule has 0 atom stereocenters. The van der Waals surface area contributed by atoms with Gasteiger partial charge in [0.1, 0.15) is 23.8 Å². The van der Waals surface area contributed by atoms with Crippen molar-refractivity contribution in [3.05, 3.63) is 66.1 Å². The SMILES string of the molecule is O=CN(CC(=O)NCc1cn2ccccc2n1)c1ccc(F)cc1F. The molecule has 1 N–H and O–H groups in total. The number of nitrogens with zero attached hydrogens (tertiary/aromatic N) is 3. The van der Waals surface area contributed by atoms with Crippen LogP contribution in [0.1, 0.15) is 5.69 Å². The molecule has 2 aromatic heterocycles. The fraction of sp³-hybridized carbons (Fsp3) is 0.118. The zero-order valence-corrected chi connectivity index (χ0v) is 13.0. The number of benzene rings is 1. The highest BCUT2D eigenvalue weighted by atomic mass is 19.1. The first kappa shape index (κ1) is 16.6. The van der Waals surface area contributed by atoms with E-state index in [0.29, 0.717) is 18.2 Å². The molecule has 3 rings (SSSR count). The normalized spacial score (nSPS) is 10.6. The van der Waals surface area contributed by atoms with Crippen LogP contribution in [0.5, 0.6) is 0 Å². The van der Waals surface area contributed by atoms with E-state index in [-0.39, 0.29) is 18.8 Å². The average molecular weight is 344 g/mol. The van der Waals surface area contributed by atoms with Gasteiger partial charge in [-0.25, -0.2) is 13.8 Å². The van der Waals surface area contributed by atoms with Gasteiger partial charge in [0, 0.05) is 18.5 Å². The minimum absolute atomic E-state index is 0.166. The summed E-state index contributed by atoms with van der Waals surface area (Å²) in [6, 6.07) is 8.31. The van der Waals surface area contributed by atoms with Crippen LogP contribution in [0.4, 0.5) is 14.5 Å². The summed E-state index contributed by atoms with van der Waals surface area (Å²) >= 11 is 0. The molecule has 2 heterocycles. The number of pyridine rings is 1. The predicted molar refractivity (Wildman–Crippen MR) is 86.8 cm³/mol. The van der Waals surface area contributed by atoms with Crippen LogP contribution < -0.4 is 10.2 Å². The summed E-state index contributed by atoms with van der Waals surface area (Å²) in [7, 11) is 0. The largest absolute Gasteiger partial charge is 0.349 e. The maximum atomic E-state index is 13.7. The summed E-state index contributed by atoms with van der Waals surface area (Å²) in [5, 5.41) is 2.61. The lowest BCUT2D eigenvalue weighted by Crippen LogP contribution is -2.36. The fourth-order valence-corrected chi connectivity index (χ4v) is 2.37. The second kappa shape index (κ2) is 7.08. The molecular weight excluding hydrogens is 330 g/mol. The fourth-order valence-electron chi connectivity index (χ4n) is 2.37. The van der Waals surface area contributed by atoms with Gasteiger partial charge in [0.2, 0.25) is 12.3 Å². The third-order valence-corrected chi connectivity index (χ3v) is 3.54. The van der Waals surface area contributed by atoms with Gasteiger partial charge in [-0.05, 0) is 24.3 Å². The molecule has 8 heteroatoms. The van der Waals surface area contributed by atoms with Crippen molar-refractivity contribution in [2.24, 2.45) is 0 Å². The van der Waals surface area contributed by atoms with E-state index >= 15 is 0 Å². The van der Waals surface area contributed by atoms with E-state index in [1.807, 2.05) is 28.8 Å². The number of hydrogen-bond donors (Lipinski definition) is 1. The van der Waals surface area contributed by atoms with E-state index in [9.17, 15) is 18.4 Å². The van der Waals surface area contributed by atoms with Crippen LogP contribution in [0.2, 0.25) is 0 Å². The van der Waals surface area contributed by atoms with Gasteiger partial charge < -0.3 is 14.6 Å². The van der Waals surface area contributed by atoms with Crippen molar-refractivity contribution < 1.29 is 18.4 Å². The second-order valence-electron chi connectivity index (χ2n) is 5.30. The number of amides is 2. The molecule has 3 aromatic rings. The summed E-state index contributed by atoms with van der Waals surface area (Å²) in [4.78, 5) is 28.3. The number of halogens is 2. The predicted octanol–water partition coefficient (Wildman–Crippen LogP) is 1.89. The molecule has 0 radical (unpaired) electrons.